The Morgan fingerprint density at radius 1 is 1.28 bits per heavy atom. The standard InChI is InChI=1S/C14H17ClN2O/c1-8-5-12(7-16-14(8)15)17-10(3)13-6-9(2)18-11(13)4/h5-7,10,17H,1-4H3. The van der Waals surface area contributed by atoms with E-state index in [-0.39, 0.29) is 6.04 Å². The van der Waals surface area contributed by atoms with Crippen molar-refractivity contribution in [2.45, 2.75) is 33.7 Å². The van der Waals surface area contributed by atoms with E-state index in [0.717, 1.165) is 22.8 Å². The Morgan fingerprint density at radius 3 is 2.56 bits per heavy atom. The van der Waals surface area contributed by atoms with Crippen LogP contribution in [0.1, 0.15) is 35.6 Å². The second-order valence-electron chi connectivity index (χ2n) is 4.57. The van der Waals surface area contributed by atoms with Gasteiger partial charge in [0.1, 0.15) is 16.7 Å². The lowest BCUT2D eigenvalue weighted by molar-refractivity contribution is 0.500. The van der Waals surface area contributed by atoms with Gasteiger partial charge in [0.2, 0.25) is 0 Å². The molecule has 0 saturated heterocycles. The highest BCUT2D eigenvalue weighted by atomic mass is 35.5. The van der Waals surface area contributed by atoms with Crippen LogP contribution < -0.4 is 5.32 Å². The summed E-state index contributed by atoms with van der Waals surface area (Å²) in [4.78, 5) is 4.13. The van der Waals surface area contributed by atoms with Crippen LogP contribution in [0, 0.1) is 20.8 Å². The molecule has 0 saturated carbocycles. The first kappa shape index (κ1) is 13.0. The predicted octanol–water partition coefficient (Wildman–Crippen LogP) is 4.43. The third-order valence-electron chi connectivity index (χ3n) is 2.94. The van der Waals surface area contributed by atoms with Crippen molar-refractivity contribution in [3.05, 3.63) is 46.1 Å². The molecular weight excluding hydrogens is 248 g/mol. The Kier molecular flexibility index (Phi) is 3.62. The molecule has 0 aromatic carbocycles. The van der Waals surface area contributed by atoms with Gasteiger partial charge in [0, 0.05) is 5.56 Å². The summed E-state index contributed by atoms with van der Waals surface area (Å²) in [5.41, 5.74) is 3.09. The minimum Gasteiger partial charge on any atom is -0.466 e. The summed E-state index contributed by atoms with van der Waals surface area (Å²) >= 11 is 5.91. The van der Waals surface area contributed by atoms with E-state index in [2.05, 4.69) is 23.3 Å². The second kappa shape index (κ2) is 5.02. The molecule has 0 bridgehead atoms. The Labute approximate surface area is 112 Å². The summed E-state index contributed by atoms with van der Waals surface area (Å²) in [6.07, 6.45) is 1.74. The van der Waals surface area contributed by atoms with Gasteiger partial charge in [0.25, 0.3) is 0 Å². The van der Waals surface area contributed by atoms with Crippen molar-refractivity contribution in [3.63, 3.8) is 0 Å². The zero-order chi connectivity index (χ0) is 13.3. The molecule has 0 aliphatic heterocycles. The zero-order valence-electron chi connectivity index (χ0n) is 11.0. The first-order valence-electron chi connectivity index (χ1n) is 5.93. The van der Waals surface area contributed by atoms with Crippen LogP contribution in [0.3, 0.4) is 0 Å². The van der Waals surface area contributed by atoms with Gasteiger partial charge in [-0.15, -0.1) is 0 Å². The fourth-order valence-corrected chi connectivity index (χ4v) is 2.15. The minimum atomic E-state index is 0.171. The molecule has 2 aromatic heterocycles. The lowest BCUT2D eigenvalue weighted by Crippen LogP contribution is -2.07. The van der Waals surface area contributed by atoms with Crippen LogP contribution in [-0.4, -0.2) is 4.98 Å². The molecule has 2 heterocycles. The molecule has 1 unspecified atom stereocenters. The van der Waals surface area contributed by atoms with Gasteiger partial charge in [-0.2, -0.15) is 0 Å². The van der Waals surface area contributed by atoms with Crippen LogP contribution in [0.5, 0.6) is 0 Å². The van der Waals surface area contributed by atoms with Crippen LogP contribution in [0.2, 0.25) is 5.15 Å². The number of hydrogen-bond donors (Lipinski definition) is 1. The number of aromatic nitrogens is 1. The SMILES string of the molecule is Cc1cc(C(C)Nc2cnc(Cl)c(C)c2)c(C)o1. The van der Waals surface area contributed by atoms with Gasteiger partial charge in [-0.25, -0.2) is 4.98 Å². The number of hydrogen-bond acceptors (Lipinski definition) is 3. The van der Waals surface area contributed by atoms with E-state index in [1.165, 1.54) is 5.56 Å². The summed E-state index contributed by atoms with van der Waals surface area (Å²) < 4.78 is 5.54. The van der Waals surface area contributed by atoms with Gasteiger partial charge in [0.05, 0.1) is 17.9 Å². The first-order chi connectivity index (χ1) is 8.47. The van der Waals surface area contributed by atoms with Gasteiger partial charge in [-0.1, -0.05) is 11.6 Å². The van der Waals surface area contributed by atoms with Crippen molar-refractivity contribution < 1.29 is 4.42 Å². The van der Waals surface area contributed by atoms with Crippen molar-refractivity contribution in [1.29, 1.82) is 0 Å². The van der Waals surface area contributed by atoms with Crippen LogP contribution >= 0.6 is 11.6 Å². The number of rotatable bonds is 3. The van der Waals surface area contributed by atoms with Crippen LogP contribution in [0.15, 0.2) is 22.7 Å². The third-order valence-corrected chi connectivity index (χ3v) is 3.34. The highest BCUT2D eigenvalue weighted by Gasteiger charge is 2.12. The number of anilines is 1. The lowest BCUT2D eigenvalue weighted by atomic mass is 10.1. The second-order valence-corrected chi connectivity index (χ2v) is 4.92. The summed E-state index contributed by atoms with van der Waals surface area (Å²) in [6.45, 7) is 7.97. The number of halogens is 1. The molecule has 4 heteroatoms. The largest absolute Gasteiger partial charge is 0.466 e. The van der Waals surface area contributed by atoms with Crippen molar-refractivity contribution in [2.24, 2.45) is 0 Å². The minimum absolute atomic E-state index is 0.171. The topological polar surface area (TPSA) is 38.1 Å². The average molecular weight is 265 g/mol. The number of nitrogens with zero attached hydrogens (tertiary/aromatic N) is 1. The fourth-order valence-electron chi connectivity index (χ4n) is 2.05. The van der Waals surface area contributed by atoms with Gasteiger partial charge < -0.3 is 9.73 Å². The predicted molar refractivity (Wildman–Crippen MR) is 74.2 cm³/mol. The van der Waals surface area contributed by atoms with E-state index in [9.17, 15) is 0 Å². The van der Waals surface area contributed by atoms with E-state index in [4.69, 9.17) is 16.0 Å². The van der Waals surface area contributed by atoms with Gasteiger partial charge in [-0.05, 0) is 45.4 Å². The molecule has 0 fully saturated rings. The Morgan fingerprint density at radius 2 is 2.00 bits per heavy atom. The van der Waals surface area contributed by atoms with Gasteiger partial charge >= 0.3 is 0 Å². The normalized spacial score (nSPS) is 12.5. The van der Waals surface area contributed by atoms with Crippen molar-refractivity contribution >= 4 is 17.3 Å². The molecule has 96 valence electrons. The summed E-state index contributed by atoms with van der Waals surface area (Å²) in [7, 11) is 0. The van der Waals surface area contributed by atoms with E-state index >= 15 is 0 Å². The summed E-state index contributed by atoms with van der Waals surface area (Å²) in [5, 5.41) is 3.94. The Balaban J connectivity index is 2.18. The summed E-state index contributed by atoms with van der Waals surface area (Å²) in [6, 6.07) is 4.22. The number of furan rings is 1. The smallest absolute Gasteiger partial charge is 0.132 e. The average Bonchev–Trinajstić information content (AvgIpc) is 2.63. The molecule has 0 amide bonds. The Bertz CT molecular complexity index is 563. The van der Waals surface area contributed by atoms with E-state index in [1.54, 1.807) is 6.20 Å². The fraction of sp³-hybridized carbons (Fsp3) is 0.357. The first-order valence-corrected chi connectivity index (χ1v) is 6.31. The zero-order valence-corrected chi connectivity index (χ0v) is 11.8. The molecule has 0 spiro atoms. The molecule has 0 aliphatic carbocycles. The third kappa shape index (κ3) is 2.67. The molecule has 0 aliphatic rings. The molecule has 0 radical (unpaired) electrons. The molecular formula is C14H17ClN2O. The van der Waals surface area contributed by atoms with Crippen molar-refractivity contribution in [2.75, 3.05) is 5.32 Å². The van der Waals surface area contributed by atoms with Crippen LogP contribution in [0.4, 0.5) is 5.69 Å². The quantitative estimate of drug-likeness (QED) is 0.834. The molecule has 1 N–H and O–H groups in total. The van der Waals surface area contributed by atoms with Gasteiger partial charge in [0.15, 0.2) is 0 Å². The number of pyridine rings is 1. The maximum atomic E-state index is 5.91. The van der Waals surface area contributed by atoms with Crippen molar-refractivity contribution in [1.82, 2.24) is 4.98 Å². The molecule has 18 heavy (non-hydrogen) atoms. The monoisotopic (exact) mass is 264 g/mol. The number of nitrogens with one attached hydrogen (secondary N) is 1. The number of aryl methyl sites for hydroxylation is 3. The van der Waals surface area contributed by atoms with E-state index < -0.39 is 0 Å². The lowest BCUT2D eigenvalue weighted by Gasteiger charge is -2.15. The van der Waals surface area contributed by atoms with Crippen molar-refractivity contribution in [3.8, 4) is 0 Å². The molecule has 2 aromatic rings. The van der Waals surface area contributed by atoms with Crippen LogP contribution in [0.25, 0.3) is 0 Å². The van der Waals surface area contributed by atoms with E-state index in [0.29, 0.717) is 5.15 Å². The maximum absolute atomic E-state index is 5.91. The summed E-state index contributed by atoms with van der Waals surface area (Å²) in [5.74, 6) is 1.88. The highest BCUT2D eigenvalue weighted by Crippen LogP contribution is 2.25. The molecule has 3 nitrogen and oxygen atoms in total. The van der Waals surface area contributed by atoms with Crippen LogP contribution in [-0.2, 0) is 0 Å². The van der Waals surface area contributed by atoms with Gasteiger partial charge in [-0.3, -0.25) is 0 Å². The van der Waals surface area contributed by atoms with E-state index in [1.807, 2.05) is 26.8 Å². The maximum Gasteiger partial charge on any atom is 0.132 e. The Hall–Kier alpha value is -1.48. The highest BCUT2D eigenvalue weighted by molar-refractivity contribution is 6.30. The molecule has 1 atom stereocenters. The molecule has 2 rings (SSSR count).